The van der Waals surface area contributed by atoms with Gasteiger partial charge in [-0.3, -0.25) is 4.79 Å². The van der Waals surface area contributed by atoms with E-state index in [2.05, 4.69) is 5.32 Å². The standard InChI is InChI=1S/C18H21NO2S/c1-14(20)12-16(15-6-3-2-4-7-15)13-19-18(21)10-9-17-8-5-11-22-17/h2-11,14,16,20H,12-13H2,1H3,(H,19,21)/b10-9+. The van der Waals surface area contributed by atoms with Crippen LogP contribution in [-0.2, 0) is 4.79 Å². The zero-order valence-electron chi connectivity index (χ0n) is 12.6. The Morgan fingerprint density at radius 1 is 1.27 bits per heavy atom. The number of aliphatic hydroxyl groups excluding tert-OH is 1. The molecule has 2 N–H and O–H groups in total. The number of thiophene rings is 1. The largest absolute Gasteiger partial charge is 0.393 e. The molecule has 1 heterocycles. The average molecular weight is 315 g/mol. The van der Waals surface area contributed by atoms with Gasteiger partial charge in [-0.25, -0.2) is 0 Å². The summed E-state index contributed by atoms with van der Waals surface area (Å²) < 4.78 is 0. The summed E-state index contributed by atoms with van der Waals surface area (Å²) in [5.41, 5.74) is 1.13. The van der Waals surface area contributed by atoms with Crippen molar-refractivity contribution in [1.29, 1.82) is 0 Å². The van der Waals surface area contributed by atoms with Crippen LogP contribution in [0.5, 0.6) is 0 Å². The Morgan fingerprint density at radius 2 is 2.05 bits per heavy atom. The molecule has 0 saturated heterocycles. The van der Waals surface area contributed by atoms with Crippen LogP contribution in [0.2, 0.25) is 0 Å². The van der Waals surface area contributed by atoms with E-state index in [-0.39, 0.29) is 11.8 Å². The minimum Gasteiger partial charge on any atom is -0.393 e. The Labute approximate surface area is 135 Å². The zero-order valence-corrected chi connectivity index (χ0v) is 13.4. The van der Waals surface area contributed by atoms with Crippen molar-refractivity contribution in [3.05, 3.63) is 64.4 Å². The van der Waals surface area contributed by atoms with Gasteiger partial charge in [-0.15, -0.1) is 11.3 Å². The van der Waals surface area contributed by atoms with Crippen molar-refractivity contribution in [3.8, 4) is 0 Å². The summed E-state index contributed by atoms with van der Waals surface area (Å²) in [6.45, 7) is 2.29. The summed E-state index contributed by atoms with van der Waals surface area (Å²) in [4.78, 5) is 13.0. The van der Waals surface area contributed by atoms with E-state index >= 15 is 0 Å². The van der Waals surface area contributed by atoms with Crippen molar-refractivity contribution in [1.82, 2.24) is 5.32 Å². The minimum atomic E-state index is -0.399. The van der Waals surface area contributed by atoms with Gasteiger partial charge in [-0.05, 0) is 36.4 Å². The van der Waals surface area contributed by atoms with E-state index in [9.17, 15) is 9.90 Å². The lowest BCUT2D eigenvalue weighted by Gasteiger charge is -2.19. The molecule has 1 amide bonds. The fourth-order valence-electron chi connectivity index (χ4n) is 2.30. The number of carbonyl (C=O) groups excluding carboxylic acids is 1. The van der Waals surface area contributed by atoms with Crippen molar-refractivity contribution >= 4 is 23.3 Å². The van der Waals surface area contributed by atoms with Crippen LogP contribution in [-0.4, -0.2) is 23.7 Å². The topological polar surface area (TPSA) is 49.3 Å². The van der Waals surface area contributed by atoms with E-state index in [1.165, 1.54) is 0 Å². The molecule has 1 aromatic carbocycles. The normalized spacial score (nSPS) is 13.9. The first kappa shape index (κ1) is 16.5. The van der Waals surface area contributed by atoms with Gasteiger partial charge in [-0.2, -0.15) is 0 Å². The number of benzene rings is 1. The predicted molar refractivity (Wildman–Crippen MR) is 91.8 cm³/mol. The first-order valence-corrected chi connectivity index (χ1v) is 8.25. The third-order valence-corrected chi connectivity index (χ3v) is 4.20. The van der Waals surface area contributed by atoms with Crippen LogP contribution in [0.15, 0.2) is 53.9 Å². The second-order valence-corrected chi connectivity index (χ2v) is 6.27. The van der Waals surface area contributed by atoms with Crippen molar-refractivity contribution in [3.63, 3.8) is 0 Å². The number of nitrogens with one attached hydrogen (secondary N) is 1. The lowest BCUT2D eigenvalue weighted by atomic mass is 9.93. The van der Waals surface area contributed by atoms with Gasteiger partial charge in [0.2, 0.25) is 5.91 Å². The van der Waals surface area contributed by atoms with Gasteiger partial charge >= 0.3 is 0 Å². The number of hydrogen-bond donors (Lipinski definition) is 2. The van der Waals surface area contributed by atoms with E-state index in [4.69, 9.17) is 0 Å². The summed E-state index contributed by atoms with van der Waals surface area (Å²) in [5.74, 6) is 0.000196. The monoisotopic (exact) mass is 315 g/mol. The average Bonchev–Trinajstić information content (AvgIpc) is 3.03. The lowest BCUT2D eigenvalue weighted by molar-refractivity contribution is -0.116. The highest BCUT2D eigenvalue weighted by molar-refractivity contribution is 7.10. The summed E-state index contributed by atoms with van der Waals surface area (Å²) >= 11 is 1.59. The molecule has 22 heavy (non-hydrogen) atoms. The van der Waals surface area contributed by atoms with E-state index < -0.39 is 6.10 Å². The molecule has 0 spiro atoms. The second-order valence-electron chi connectivity index (χ2n) is 5.29. The predicted octanol–water partition coefficient (Wildman–Crippen LogP) is 3.43. The Hall–Kier alpha value is -1.91. The zero-order chi connectivity index (χ0) is 15.8. The van der Waals surface area contributed by atoms with Crippen LogP contribution in [0.3, 0.4) is 0 Å². The molecule has 3 nitrogen and oxygen atoms in total. The number of carbonyl (C=O) groups is 1. The summed E-state index contributed by atoms with van der Waals surface area (Å²) in [5, 5.41) is 14.5. The minimum absolute atomic E-state index is 0.111. The molecule has 0 saturated carbocycles. The lowest BCUT2D eigenvalue weighted by Crippen LogP contribution is -2.28. The highest BCUT2D eigenvalue weighted by atomic mass is 32.1. The van der Waals surface area contributed by atoms with Gasteiger partial charge in [-0.1, -0.05) is 36.4 Å². The van der Waals surface area contributed by atoms with Crippen molar-refractivity contribution in [2.45, 2.75) is 25.4 Å². The van der Waals surface area contributed by atoms with Gasteiger partial charge in [0, 0.05) is 23.4 Å². The molecule has 0 fully saturated rings. The van der Waals surface area contributed by atoms with E-state index in [0.717, 1.165) is 10.4 Å². The molecule has 4 heteroatoms. The number of amides is 1. The highest BCUT2D eigenvalue weighted by Gasteiger charge is 2.14. The number of aliphatic hydroxyl groups is 1. The summed E-state index contributed by atoms with van der Waals surface area (Å²) in [7, 11) is 0. The second kappa shape index (κ2) is 8.51. The van der Waals surface area contributed by atoms with Crippen molar-refractivity contribution < 1.29 is 9.90 Å². The Balaban J connectivity index is 1.92. The van der Waals surface area contributed by atoms with E-state index in [1.807, 2.05) is 53.9 Å². The maximum absolute atomic E-state index is 11.9. The maximum Gasteiger partial charge on any atom is 0.244 e. The van der Waals surface area contributed by atoms with Crippen LogP contribution in [0.25, 0.3) is 6.08 Å². The van der Waals surface area contributed by atoms with Gasteiger partial charge in [0.05, 0.1) is 6.10 Å². The Morgan fingerprint density at radius 3 is 2.68 bits per heavy atom. The molecule has 2 aromatic rings. The SMILES string of the molecule is CC(O)CC(CNC(=O)/C=C/c1cccs1)c1ccccc1. The maximum atomic E-state index is 11.9. The summed E-state index contributed by atoms with van der Waals surface area (Å²) in [6.07, 6.45) is 3.59. The van der Waals surface area contributed by atoms with E-state index in [0.29, 0.717) is 13.0 Å². The van der Waals surface area contributed by atoms with Gasteiger partial charge in [0.1, 0.15) is 0 Å². The third-order valence-electron chi connectivity index (χ3n) is 3.36. The van der Waals surface area contributed by atoms with E-state index in [1.54, 1.807) is 24.3 Å². The Bertz CT molecular complexity index is 591. The molecule has 2 unspecified atom stereocenters. The molecule has 0 radical (unpaired) electrons. The molecule has 0 aliphatic carbocycles. The first-order chi connectivity index (χ1) is 10.6. The molecule has 116 valence electrons. The van der Waals surface area contributed by atoms with Crippen LogP contribution < -0.4 is 5.32 Å². The highest BCUT2D eigenvalue weighted by Crippen LogP contribution is 2.20. The first-order valence-electron chi connectivity index (χ1n) is 7.37. The molecule has 0 bridgehead atoms. The molecular weight excluding hydrogens is 294 g/mol. The fourth-order valence-corrected chi connectivity index (χ4v) is 2.92. The van der Waals surface area contributed by atoms with Crippen LogP contribution >= 0.6 is 11.3 Å². The van der Waals surface area contributed by atoms with Crippen LogP contribution in [0.1, 0.15) is 29.7 Å². The molecule has 0 aliphatic rings. The molecule has 2 rings (SSSR count). The van der Waals surface area contributed by atoms with Crippen molar-refractivity contribution in [2.75, 3.05) is 6.54 Å². The molecule has 1 aromatic heterocycles. The van der Waals surface area contributed by atoms with Crippen molar-refractivity contribution in [2.24, 2.45) is 0 Å². The number of rotatable bonds is 7. The van der Waals surface area contributed by atoms with Gasteiger partial charge in [0.15, 0.2) is 0 Å². The summed E-state index contributed by atoms with van der Waals surface area (Å²) in [6, 6.07) is 13.9. The third kappa shape index (κ3) is 5.47. The Kier molecular flexibility index (Phi) is 6.37. The smallest absolute Gasteiger partial charge is 0.244 e. The van der Waals surface area contributed by atoms with Crippen LogP contribution in [0, 0.1) is 0 Å². The molecule has 0 aliphatic heterocycles. The van der Waals surface area contributed by atoms with Gasteiger partial charge < -0.3 is 10.4 Å². The fraction of sp³-hybridized carbons (Fsp3) is 0.278. The number of hydrogen-bond acceptors (Lipinski definition) is 3. The quantitative estimate of drug-likeness (QED) is 0.769. The molecular formula is C18H21NO2S. The van der Waals surface area contributed by atoms with Crippen LogP contribution in [0.4, 0.5) is 0 Å². The van der Waals surface area contributed by atoms with Gasteiger partial charge in [0.25, 0.3) is 0 Å². The molecule has 2 atom stereocenters.